The molecule has 0 fully saturated rings. The van der Waals surface area contributed by atoms with Gasteiger partial charge in [0.05, 0.1) is 6.20 Å². The van der Waals surface area contributed by atoms with Crippen LogP contribution in [0.15, 0.2) is 6.20 Å². The molecule has 1 aromatic rings. The first-order valence-corrected chi connectivity index (χ1v) is 7.27. The minimum Gasteiger partial charge on any atom is -0.277 e. The molecule has 0 spiro atoms. The number of hydrogen-bond donors (Lipinski definition) is 2. The van der Waals surface area contributed by atoms with Crippen molar-refractivity contribution in [2.45, 2.75) is 11.6 Å². The minimum absolute atomic E-state index is 0.00361. The van der Waals surface area contributed by atoms with Crippen LogP contribution >= 0.6 is 104 Å². The Morgan fingerprint density at radius 2 is 1.33 bits per heavy atom. The topological polar surface area (TPSA) is 41.4 Å². The largest absolute Gasteiger partial charge is 0.300 e. The fourth-order valence-electron chi connectivity index (χ4n) is 0.827. The Balaban J connectivity index is 3.49. The number of H-pyrrole nitrogens is 2. The van der Waals surface area contributed by atoms with Gasteiger partial charge in [-0.15, -0.1) is 0 Å². The maximum atomic E-state index is 5.70. The van der Waals surface area contributed by atoms with Crippen LogP contribution in [0.4, 0.5) is 0 Å². The Kier molecular flexibility index (Phi) is 5.61. The zero-order valence-electron chi connectivity index (χ0n) is 7.87. The molecule has 0 unspecified atom stereocenters. The maximum Gasteiger partial charge on any atom is 0.300 e. The van der Waals surface area contributed by atoms with Crippen LogP contribution < -0.4 is 0 Å². The minimum atomic E-state index is -1.94. The van der Waals surface area contributed by atoms with Gasteiger partial charge in [-0.25, -0.2) is 9.90 Å². The van der Waals surface area contributed by atoms with Crippen LogP contribution in [0.1, 0.15) is 5.69 Å². The van der Waals surface area contributed by atoms with Crippen LogP contribution in [-0.4, -0.2) is 19.8 Å². The third-order valence-electron chi connectivity index (χ3n) is 1.53. The molecule has 18 heavy (non-hydrogen) atoms. The maximum absolute atomic E-state index is 5.70. The lowest BCUT2D eigenvalue weighted by atomic mass is 10.5. The summed E-state index contributed by atoms with van der Waals surface area (Å²) in [5, 5.41) is 4.96. The van der Waals surface area contributed by atoms with Gasteiger partial charge < -0.3 is 0 Å². The highest BCUT2D eigenvalue weighted by molar-refractivity contribution is 6.67. The highest BCUT2D eigenvalue weighted by atomic mass is 35.6. The molecule has 106 valence electrons. The summed E-state index contributed by atoms with van der Waals surface area (Å²) in [5.41, 5.74) is 0.00361. The molecule has 13 heteroatoms. The molecule has 0 saturated heterocycles. The van der Waals surface area contributed by atoms with Crippen LogP contribution in [0.2, 0.25) is 0 Å². The third-order valence-corrected chi connectivity index (χ3v) is 3.19. The molecule has 0 radical (unpaired) electrons. The van der Waals surface area contributed by atoms with E-state index in [2.05, 4.69) is 10.3 Å². The van der Waals surface area contributed by atoms with Gasteiger partial charge in [0.1, 0.15) is 5.69 Å². The molecular weight excluding hydrogens is 435 g/mol. The number of hydrogen-bond acceptors (Lipinski definition) is 0. The van der Waals surface area contributed by atoms with Crippen molar-refractivity contribution in [1.29, 1.82) is 0 Å². The molecule has 0 aliphatic carbocycles. The number of alkyl halides is 9. The number of aromatic nitrogens is 4. The molecule has 0 aromatic carbocycles. The van der Waals surface area contributed by atoms with Gasteiger partial charge >= 0.3 is 3.92 Å². The number of rotatable bonds is 0. The molecule has 0 atom stereocenters. The van der Waals surface area contributed by atoms with Crippen molar-refractivity contribution in [3.05, 3.63) is 11.9 Å². The van der Waals surface area contributed by atoms with Crippen LogP contribution in [0.3, 0.4) is 0 Å². The van der Waals surface area contributed by atoms with Crippen molar-refractivity contribution < 1.29 is 0 Å². The highest BCUT2D eigenvalue weighted by Crippen LogP contribution is 2.39. The Bertz CT molecular complexity index is 365. The molecule has 1 aromatic heterocycles. The van der Waals surface area contributed by atoms with Crippen LogP contribution in [0, 0.1) is 0 Å². The highest BCUT2D eigenvalue weighted by Gasteiger charge is 2.32. The van der Waals surface area contributed by atoms with Gasteiger partial charge in [-0.3, -0.25) is 5.10 Å². The number of halogens is 9. The zero-order valence-corrected chi connectivity index (χ0v) is 14.7. The number of nitrogens with one attached hydrogen (secondary N) is 2. The molecule has 1 rings (SSSR count). The quantitative estimate of drug-likeness (QED) is 0.505. The van der Waals surface area contributed by atoms with Gasteiger partial charge in [0.15, 0.2) is 0 Å². The van der Waals surface area contributed by atoms with Crippen molar-refractivity contribution in [2.24, 2.45) is 0 Å². The molecule has 4 nitrogen and oxygen atoms in total. The van der Waals surface area contributed by atoms with Gasteiger partial charge in [0.2, 0.25) is 3.79 Å². The van der Waals surface area contributed by atoms with Crippen molar-refractivity contribution in [3.63, 3.8) is 0 Å². The zero-order chi connectivity index (χ0) is 14.4. The van der Waals surface area contributed by atoms with E-state index in [1.165, 1.54) is 6.20 Å². The lowest BCUT2D eigenvalue weighted by Gasteiger charge is -2.25. The van der Waals surface area contributed by atoms with Gasteiger partial charge in [-0.2, -0.15) is 4.80 Å². The predicted molar refractivity (Wildman–Crippen MR) is 79.1 cm³/mol. The second-order valence-electron chi connectivity index (χ2n) is 2.89. The van der Waals surface area contributed by atoms with Crippen LogP contribution in [0.25, 0.3) is 0 Å². The Morgan fingerprint density at radius 3 is 1.67 bits per heavy atom. The van der Waals surface area contributed by atoms with Gasteiger partial charge in [0, 0.05) is 0 Å². The van der Waals surface area contributed by atoms with Gasteiger partial charge in [-0.1, -0.05) is 104 Å². The third kappa shape index (κ3) is 4.83. The first kappa shape index (κ1) is 17.6. The normalized spacial score (nSPS) is 13.8. The Labute approximate surface area is 146 Å². The molecule has 0 saturated carbocycles. The van der Waals surface area contributed by atoms with E-state index in [0.717, 1.165) is 9.48 Å². The summed E-state index contributed by atoms with van der Waals surface area (Å²) < 4.78 is -4.74. The SMILES string of the molecule is ClC(Cl)(Cl)c1cn(C(Cl)(Cl)Cl)[nH]n(C(Cl)(Cl)Cl)[nH]1. The lowest BCUT2D eigenvalue weighted by molar-refractivity contribution is 0.422. The molecule has 0 aliphatic rings. The number of nitrogens with zero attached hydrogens (tertiary/aromatic N) is 2. The molecule has 2 N–H and O–H groups in total. The fraction of sp³-hybridized carbons (Fsp3) is 0.600. The molecule has 1 heterocycles. The van der Waals surface area contributed by atoms with Gasteiger partial charge in [0.25, 0.3) is 3.92 Å². The van der Waals surface area contributed by atoms with Crippen molar-refractivity contribution in [1.82, 2.24) is 19.8 Å². The predicted octanol–water partition coefficient (Wildman–Crippen LogP) is 5.47. The van der Waals surface area contributed by atoms with E-state index < -0.39 is 11.6 Å². The summed E-state index contributed by atoms with van der Waals surface area (Å²) >= 11 is 51.1. The smallest absolute Gasteiger partial charge is 0.277 e. The Hall–Kier alpha value is 1.55. The summed E-state index contributed by atoms with van der Waals surface area (Å²) in [6.07, 6.45) is 1.20. The van der Waals surface area contributed by atoms with E-state index in [0.29, 0.717) is 0 Å². The average Bonchev–Trinajstić information content (AvgIpc) is 2.13. The van der Waals surface area contributed by atoms with Crippen LogP contribution in [-0.2, 0) is 11.6 Å². The average molecular weight is 438 g/mol. The Morgan fingerprint density at radius 1 is 0.833 bits per heavy atom. The second kappa shape index (κ2) is 5.74. The second-order valence-corrected chi connectivity index (χ2v) is 9.62. The van der Waals surface area contributed by atoms with E-state index in [-0.39, 0.29) is 5.69 Å². The number of aromatic amines is 2. The van der Waals surface area contributed by atoms with E-state index in [9.17, 15) is 0 Å². The van der Waals surface area contributed by atoms with Gasteiger partial charge in [-0.05, 0) is 0 Å². The monoisotopic (exact) mass is 434 g/mol. The molecule has 0 amide bonds. The lowest BCUT2D eigenvalue weighted by Crippen LogP contribution is -2.31. The van der Waals surface area contributed by atoms with E-state index in [4.69, 9.17) is 104 Å². The summed E-state index contributed by atoms with van der Waals surface area (Å²) in [6, 6.07) is 0. The summed E-state index contributed by atoms with van der Waals surface area (Å²) in [7, 11) is 0. The van der Waals surface area contributed by atoms with Crippen molar-refractivity contribution in [3.8, 4) is 0 Å². The first-order chi connectivity index (χ1) is 7.82. The fourth-order valence-corrected chi connectivity index (χ4v) is 1.60. The van der Waals surface area contributed by atoms with Crippen molar-refractivity contribution >= 4 is 104 Å². The summed E-state index contributed by atoms with van der Waals surface area (Å²) in [5.74, 6) is 0. The van der Waals surface area contributed by atoms with E-state index in [1.54, 1.807) is 0 Å². The summed E-state index contributed by atoms with van der Waals surface area (Å²) in [6.45, 7) is 0. The van der Waals surface area contributed by atoms with Crippen LogP contribution in [0.5, 0.6) is 0 Å². The molecule has 0 aliphatic heterocycles. The standard InChI is InChI=1S/C5H3Cl9N4/c6-3(7,8)2-1-17(4(9,10)11)16-18(15-2)5(12,13)14/h1,15-16H. The van der Waals surface area contributed by atoms with E-state index >= 15 is 0 Å². The first-order valence-electron chi connectivity index (χ1n) is 3.87. The summed E-state index contributed by atoms with van der Waals surface area (Å²) in [4.78, 5) is 0.858. The van der Waals surface area contributed by atoms with Crippen molar-refractivity contribution in [2.75, 3.05) is 0 Å². The molecule has 0 bridgehead atoms. The molecular formula is C5H3Cl9N4. The van der Waals surface area contributed by atoms with E-state index in [1.807, 2.05) is 0 Å².